The molecular formula is C51H54FN9O7S. The Balaban J connectivity index is 0.983. The number of nitrogens with zero attached hydrogens (tertiary/aromatic N) is 5. The Morgan fingerprint density at radius 1 is 0.768 bits per heavy atom. The first-order valence-electron chi connectivity index (χ1n) is 23.4. The molecule has 4 amide bonds. The molecule has 358 valence electrons. The van der Waals surface area contributed by atoms with E-state index in [0.717, 1.165) is 57.1 Å². The first-order valence-corrected chi connectivity index (χ1v) is 24.2. The summed E-state index contributed by atoms with van der Waals surface area (Å²) in [5.74, 6) is 0.393. The van der Waals surface area contributed by atoms with E-state index in [4.69, 9.17) is 24.2 Å². The Morgan fingerprint density at radius 3 is 1.96 bits per heavy atom. The van der Waals surface area contributed by atoms with Crippen LogP contribution in [0.4, 0.5) is 14.0 Å². The zero-order valence-electron chi connectivity index (χ0n) is 39.2. The topological polar surface area (TPSA) is 189 Å². The summed E-state index contributed by atoms with van der Waals surface area (Å²) in [5.41, 5.74) is 4.57. The summed E-state index contributed by atoms with van der Waals surface area (Å²) >= 11 is 1.59. The number of fused-ring (bicyclic) bond motifs is 6. The second-order valence-corrected chi connectivity index (χ2v) is 19.5. The number of methoxy groups -OCH3 is 2. The fraction of sp³-hybridized carbons (Fsp3) is 0.373. The molecule has 0 bridgehead atoms. The molecule has 7 aromatic rings. The normalized spacial score (nSPS) is 18.6. The van der Waals surface area contributed by atoms with Gasteiger partial charge in [0.1, 0.15) is 35.3 Å². The van der Waals surface area contributed by atoms with E-state index in [-0.39, 0.29) is 35.7 Å². The molecule has 0 radical (unpaired) electrons. The number of amides is 4. The van der Waals surface area contributed by atoms with Gasteiger partial charge in [-0.2, -0.15) is 0 Å². The standard InChI is InChI=1S/C51H54FN9O7S/c1-26(2)42(57-50(64)66-5)47(62)59-17-9-13-37(59)45-53-23-34(55-45)28-15-16-36-31(19-28)21-39-41-33(52)20-30(22-40(41)68-49(61(36)39)44-32-12-8-7-11-29(32)25-69-44)35-24-54-46(56-35)38-14-10-18-60(38)48(63)43(27(3)4)58-51(65)67-6/h7-8,11-12,15-16,19-27,37-38,42-43,49H,9-10,13-14,17-18H2,1-6H3,(H,53,55)(H,54,56)(H,57,64)(H,58,65)/t37-,38-,42-,43-,49?/m0/s1. The van der Waals surface area contributed by atoms with E-state index >= 15 is 4.39 Å². The Labute approximate surface area is 401 Å². The van der Waals surface area contributed by atoms with E-state index in [0.29, 0.717) is 59.4 Å². The molecule has 0 saturated carbocycles. The largest absolute Gasteiger partial charge is 0.464 e. The van der Waals surface area contributed by atoms with Crippen LogP contribution in [-0.4, -0.2) is 97.7 Å². The minimum atomic E-state index is -0.775. The number of benzene rings is 3. The first kappa shape index (κ1) is 45.6. The molecule has 7 heterocycles. The summed E-state index contributed by atoms with van der Waals surface area (Å²) in [4.78, 5) is 72.8. The summed E-state index contributed by atoms with van der Waals surface area (Å²) < 4.78 is 35.6. The van der Waals surface area contributed by atoms with Crippen molar-refractivity contribution in [2.24, 2.45) is 11.8 Å². The summed E-state index contributed by atoms with van der Waals surface area (Å²) in [6.07, 6.45) is 4.41. The van der Waals surface area contributed by atoms with Crippen molar-refractivity contribution in [2.45, 2.75) is 83.8 Å². The van der Waals surface area contributed by atoms with Crippen molar-refractivity contribution in [3.63, 3.8) is 0 Å². The Morgan fingerprint density at radius 2 is 1.36 bits per heavy atom. The number of likely N-dealkylation sites (tertiary alicyclic amines) is 2. The fourth-order valence-electron chi connectivity index (χ4n) is 10.2. The zero-order chi connectivity index (χ0) is 48.2. The number of hydrogen-bond acceptors (Lipinski definition) is 10. The molecule has 10 rings (SSSR count). The molecule has 1 unspecified atom stereocenters. The number of H-pyrrole nitrogens is 2. The second-order valence-electron chi connectivity index (χ2n) is 18.6. The highest BCUT2D eigenvalue weighted by Gasteiger charge is 2.40. The molecule has 4 N–H and O–H groups in total. The molecule has 69 heavy (non-hydrogen) atoms. The number of aromatic amines is 2. The van der Waals surface area contributed by atoms with Crippen molar-refractivity contribution in [3.05, 3.63) is 101 Å². The molecule has 0 spiro atoms. The van der Waals surface area contributed by atoms with E-state index < -0.39 is 36.3 Å². The average Bonchev–Trinajstić information content (AvgIpc) is 4.21. The van der Waals surface area contributed by atoms with Gasteiger partial charge < -0.3 is 44.6 Å². The van der Waals surface area contributed by atoms with Crippen LogP contribution in [0.1, 0.15) is 88.2 Å². The Bertz CT molecular complexity index is 3120. The van der Waals surface area contributed by atoms with Gasteiger partial charge in [-0.1, -0.05) is 58.0 Å². The number of alkyl carbamates (subject to hydrolysis) is 2. The zero-order valence-corrected chi connectivity index (χ0v) is 40.0. The van der Waals surface area contributed by atoms with E-state index in [1.165, 1.54) is 20.3 Å². The minimum absolute atomic E-state index is 0.155. The predicted octanol–water partition coefficient (Wildman–Crippen LogP) is 9.47. The van der Waals surface area contributed by atoms with E-state index in [1.807, 2.05) is 64.1 Å². The van der Waals surface area contributed by atoms with Gasteiger partial charge in [-0.3, -0.25) is 14.2 Å². The SMILES string of the molecule is COC(=O)N[C@H](C(=O)N1CCC[C@H]1c1ncc(-c2cc(F)c3c(c2)OC(c2scc4ccccc24)n2c-3cc3cc(-c4cnc([C@@H]5CCCN5C(=O)[C@@H](NC(=O)OC)C(C)C)[nH]4)ccc32)[nH]1)C(C)C. The number of thiophene rings is 1. The molecule has 3 aliphatic rings. The molecule has 4 aromatic heterocycles. The van der Waals surface area contributed by atoms with Crippen LogP contribution in [0.25, 0.3) is 55.4 Å². The maximum absolute atomic E-state index is 17.0. The maximum Gasteiger partial charge on any atom is 0.407 e. The molecule has 18 heteroatoms. The number of hydrogen-bond donors (Lipinski definition) is 4. The summed E-state index contributed by atoms with van der Waals surface area (Å²) in [5, 5.41) is 10.5. The van der Waals surface area contributed by atoms with Crippen molar-refractivity contribution in [1.29, 1.82) is 0 Å². The lowest BCUT2D eigenvalue weighted by Crippen LogP contribution is -2.51. The number of carbonyl (C=O) groups is 4. The first-order chi connectivity index (χ1) is 33.3. The predicted molar refractivity (Wildman–Crippen MR) is 259 cm³/mol. The van der Waals surface area contributed by atoms with Gasteiger partial charge in [-0.05, 0) is 78.6 Å². The van der Waals surface area contributed by atoms with Gasteiger partial charge in [0, 0.05) is 35.0 Å². The smallest absolute Gasteiger partial charge is 0.407 e. The van der Waals surface area contributed by atoms with Crippen LogP contribution in [0.2, 0.25) is 0 Å². The third kappa shape index (κ3) is 8.23. The van der Waals surface area contributed by atoms with Crippen LogP contribution in [0.5, 0.6) is 5.75 Å². The van der Waals surface area contributed by atoms with Gasteiger partial charge in [-0.25, -0.2) is 23.9 Å². The quantitative estimate of drug-likeness (QED) is 0.0979. The molecule has 2 fully saturated rings. The number of halogens is 1. The van der Waals surface area contributed by atoms with Gasteiger partial charge >= 0.3 is 12.2 Å². The molecular weight excluding hydrogens is 902 g/mol. The molecule has 3 aliphatic heterocycles. The molecule has 2 saturated heterocycles. The lowest BCUT2D eigenvalue weighted by molar-refractivity contribution is -0.136. The third-order valence-corrected chi connectivity index (χ3v) is 14.7. The third-order valence-electron chi connectivity index (χ3n) is 13.7. The summed E-state index contributed by atoms with van der Waals surface area (Å²) in [7, 11) is 2.55. The van der Waals surface area contributed by atoms with Crippen LogP contribution in [0.3, 0.4) is 0 Å². The van der Waals surface area contributed by atoms with Crippen molar-refractivity contribution in [3.8, 4) is 39.5 Å². The Hall–Kier alpha value is -7.21. The number of aromatic nitrogens is 5. The number of rotatable bonds is 11. The van der Waals surface area contributed by atoms with Crippen LogP contribution < -0.4 is 15.4 Å². The lowest BCUT2D eigenvalue weighted by Gasteiger charge is -2.30. The lowest BCUT2D eigenvalue weighted by atomic mass is 10.0. The van der Waals surface area contributed by atoms with Crippen LogP contribution >= 0.6 is 11.3 Å². The maximum atomic E-state index is 17.0. The molecule has 3 aromatic carbocycles. The van der Waals surface area contributed by atoms with Crippen molar-refractivity contribution in [1.82, 2.24) is 44.9 Å². The number of ether oxygens (including phenoxy) is 3. The molecule has 16 nitrogen and oxygen atoms in total. The van der Waals surface area contributed by atoms with E-state index in [1.54, 1.807) is 33.5 Å². The van der Waals surface area contributed by atoms with E-state index in [9.17, 15) is 19.2 Å². The summed E-state index contributed by atoms with van der Waals surface area (Å²) in [6, 6.07) is 17.4. The number of nitrogens with one attached hydrogen (secondary N) is 4. The fourth-order valence-corrected chi connectivity index (χ4v) is 11.2. The van der Waals surface area contributed by atoms with Crippen molar-refractivity contribution < 1.29 is 37.8 Å². The highest BCUT2D eigenvalue weighted by atomic mass is 32.1. The van der Waals surface area contributed by atoms with Crippen LogP contribution in [0.15, 0.2) is 78.4 Å². The number of imidazole rings is 2. The minimum Gasteiger partial charge on any atom is -0.464 e. The van der Waals surface area contributed by atoms with E-state index in [2.05, 4.69) is 48.7 Å². The highest BCUT2D eigenvalue weighted by molar-refractivity contribution is 7.11. The van der Waals surface area contributed by atoms with Gasteiger partial charge in [-0.15, -0.1) is 11.3 Å². The van der Waals surface area contributed by atoms with Gasteiger partial charge in [0.05, 0.1) is 71.7 Å². The van der Waals surface area contributed by atoms with Gasteiger partial charge in [0.2, 0.25) is 18.0 Å². The van der Waals surface area contributed by atoms with Gasteiger partial charge in [0.15, 0.2) is 0 Å². The monoisotopic (exact) mass is 955 g/mol. The van der Waals surface area contributed by atoms with Gasteiger partial charge in [0.25, 0.3) is 0 Å². The highest BCUT2D eigenvalue weighted by Crippen LogP contribution is 2.49. The van der Waals surface area contributed by atoms with Crippen molar-refractivity contribution >= 4 is 57.0 Å². The second kappa shape index (κ2) is 18.4. The van der Waals surface area contributed by atoms with Crippen molar-refractivity contribution in [2.75, 3.05) is 27.3 Å². The van der Waals surface area contributed by atoms with Crippen LogP contribution in [0, 0.1) is 17.7 Å². The molecule has 0 aliphatic carbocycles. The summed E-state index contributed by atoms with van der Waals surface area (Å²) in [6.45, 7) is 8.56. The number of carbonyl (C=O) groups excluding carboxylic acids is 4. The average molecular weight is 956 g/mol. The Kier molecular flexibility index (Phi) is 12.1. The van der Waals surface area contributed by atoms with Crippen LogP contribution in [-0.2, 0) is 19.1 Å². The molecule has 5 atom stereocenters.